The molecular formula is C13H17NO4. The van der Waals surface area contributed by atoms with Crippen molar-refractivity contribution >= 4 is 6.09 Å². The van der Waals surface area contributed by atoms with Crippen LogP contribution in [-0.4, -0.2) is 42.5 Å². The number of nitrogens with zero attached hydrogens (tertiary/aromatic N) is 1. The summed E-state index contributed by atoms with van der Waals surface area (Å²) in [6.07, 6.45) is 0.215. The maximum atomic E-state index is 11.6. The maximum absolute atomic E-state index is 11.6. The van der Waals surface area contributed by atoms with E-state index >= 15 is 0 Å². The molecule has 1 unspecified atom stereocenters. The Kier molecular flexibility index (Phi) is 4.04. The van der Waals surface area contributed by atoms with E-state index in [9.17, 15) is 4.79 Å². The van der Waals surface area contributed by atoms with Crippen molar-refractivity contribution in [2.75, 3.05) is 20.3 Å². The van der Waals surface area contributed by atoms with Crippen LogP contribution in [0.5, 0.6) is 5.75 Å². The van der Waals surface area contributed by atoms with Gasteiger partial charge in [0.25, 0.3) is 0 Å². The molecule has 0 bridgehead atoms. The molecule has 1 aliphatic rings. The molecule has 1 atom stereocenters. The molecule has 0 aromatic heterocycles. The van der Waals surface area contributed by atoms with E-state index in [1.807, 2.05) is 24.3 Å². The van der Waals surface area contributed by atoms with E-state index in [1.54, 1.807) is 12.0 Å². The fourth-order valence-corrected chi connectivity index (χ4v) is 2.04. The van der Waals surface area contributed by atoms with Gasteiger partial charge in [0.15, 0.2) is 0 Å². The third kappa shape index (κ3) is 2.73. The van der Waals surface area contributed by atoms with Crippen LogP contribution in [-0.2, 0) is 11.3 Å². The average Bonchev–Trinajstić information content (AvgIpc) is 2.72. The zero-order valence-electron chi connectivity index (χ0n) is 10.3. The van der Waals surface area contributed by atoms with Gasteiger partial charge >= 0.3 is 6.09 Å². The molecule has 2 rings (SSSR count). The van der Waals surface area contributed by atoms with Gasteiger partial charge in [-0.3, -0.25) is 4.90 Å². The first-order chi connectivity index (χ1) is 8.74. The predicted molar refractivity (Wildman–Crippen MR) is 65.4 cm³/mol. The second kappa shape index (κ2) is 5.73. The van der Waals surface area contributed by atoms with E-state index in [1.165, 1.54) is 0 Å². The number of carbonyl (C=O) groups is 1. The smallest absolute Gasteiger partial charge is 0.410 e. The number of carbonyl (C=O) groups excluding carboxylic acids is 1. The molecular weight excluding hydrogens is 234 g/mol. The van der Waals surface area contributed by atoms with Crippen LogP contribution in [0.4, 0.5) is 4.79 Å². The van der Waals surface area contributed by atoms with Gasteiger partial charge in [0.2, 0.25) is 0 Å². The molecule has 1 amide bonds. The van der Waals surface area contributed by atoms with Crippen molar-refractivity contribution < 1.29 is 19.4 Å². The highest BCUT2D eigenvalue weighted by molar-refractivity contribution is 5.70. The minimum Gasteiger partial charge on any atom is -0.497 e. The van der Waals surface area contributed by atoms with Crippen LogP contribution in [0.3, 0.4) is 0 Å². The van der Waals surface area contributed by atoms with Gasteiger partial charge < -0.3 is 14.6 Å². The Labute approximate surface area is 106 Å². The molecule has 0 radical (unpaired) electrons. The molecule has 1 aliphatic heterocycles. The van der Waals surface area contributed by atoms with Crippen LogP contribution in [0.25, 0.3) is 0 Å². The Morgan fingerprint density at radius 3 is 3.11 bits per heavy atom. The number of hydrogen-bond acceptors (Lipinski definition) is 4. The van der Waals surface area contributed by atoms with Crippen LogP contribution in [0.2, 0.25) is 0 Å². The Bertz CT molecular complexity index is 421. The van der Waals surface area contributed by atoms with Crippen LogP contribution in [0.1, 0.15) is 12.0 Å². The van der Waals surface area contributed by atoms with Crippen molar-refractivity contribution in [2.45, 2.75) is 19.0 Å². The summed E-state index contributed by atoms with van der Waals surface area (Å²) < 4.78 is 10.1. The van der Waals surface area contributed by atoms with Crippen LogP contribution >= 0.6 is 0 Å². The number of cyclic esters (lactones) is 1. The summed E-state index contributed by atoms with van der Waals surface area (Å²) >= 11 is 0. The number of amides is 1. The quantitative estimate of drug-likeness (QED) is 0.859. The van der Waals surface area contributed by atoms with Crippen molar-refractivity contribution in [2.24, 2.45) is 0 Å². The number of methoxy groups -OCH3 is 1. The zero-order chi connectivity index (χ0) is 13.0. The molecule has 1 saturated heterocycles. The van der Waals surface area contributed by atoms with Gasteiger partial charge in [-0.1, -0.05) is 12.1 Å². The second-order valence-corrected chi connectivity index (χ2v) is 4.22. The van der Waals surface area contributed by atoms with Gasteiger partial charge in [-0.15, -0.1) is 0 Å². The third-order valence-corrected chi connectivity index (χ3v) is 3.02. The van der Waals surface area contributed by atoms with Crippen LogP contribution in [0.15, 0.2) is 24.3 Å². The Balaban J connectivity index is 2.08. The molecule has 0 saturated carbocycles. The molecule has 1 aromatic rings. The Hall–Kier alpha value is -1.75. The van der Waals surface area contributed by atoms with Crippen molar-refractivity contribution in [3.8, 4) is 5.75 Å². The van der Waals surface area contributed by atoms with E-state index in [-0.39, 0.29) is 18.7 Å². The highest BCUT2D eigenvalue weighted by Gasteiger charge is 2.32. The number of aliphatic hydroxyl groups excluding tert-OH is 1. The van der Waals surface area contributed by atoms with Gasteiger partial charge in [0.05, 0.1) is 13.2 Å². The highest BCUT2D eigenvalue weighted by Crippen LogP contribution is 2.20. The Morgan fingerprint density at radius 1 is 1.56 bits per heavy atom. The first kappa shape index (κ1) is 12.7. The minimum absolute atomic E-state index is 0.0475. The van der Waals surface area contributed by atoms with Crippen molar-refractivity contribution in [1.29, 1.82) is 0 Å². The fourth-order valence-electron chi connectivity index (χ4n) is 2.04. The number of hydrogen-bond donors (Lipinski definition) is 1. The molecule has 1 fully saturated rings. The third-order valence-electron chi connectivity index (χ3n) is 3.02. The lowest BCUT2D eigenvalue weighted by Gasteiger charge is -2.20. The van der Waals surface area contributed by atoms with Crippen LogP contribution < -0.4 is 4.74 Å². The summed E-state index contributed by atoms with van der Waals surface area (Å²) in [6.45, 7) is 0.875. The maximum Gasteiger partial charge on any atom is 0.410 e. The number of rotatable bonds is 5. The van der Waals surface area contributed by atoms with E-state index in [4.69, 9.17) is 14.6 Å². The standard InChI is InChI=1S/C13H17NO4/c1-17-12-4-2-3-10(7-12)8-14-11(5-6-15)9-18-13(14)16/h2-4,7,11,15H,5-6,8-9H2,1H3. The molecule has 1 aromatic carbocycles. The lowest BCUT2D eigenvalue weighted by molar-refractivity contribution is 0.155. The molecule has 0 spiro atoms. The average molecular weight is 251 g/mol. The van der Waals surface area contributed by atoms with Crippen molar-refractivity contribution in [3.63, 3.8) is 0 Å². The fraction of sp³-hybridized carbons (Fsp3) is 0.462. The second-order valence-electron chi connectivity index (χ2n) is 4.22. The predicted octanol–water partition coefficient (Wildman–Crippen LogP) is 1.40. The molecule has 1 N–H and O–H groups in total. The summed E-state index contributed by atoms with van der Waals surface area (Å²) in [7, 11) is 1.61. The number of ether oxygens (including phenoxy) is 2. The van der Waals surface area contributed by atoms with E-state index in [0.717, 1.165) is 11.3 Å². The summed E-state index contributed by atoms with van der Waals surface area (Å²) in [6, 6.07) is 7.52. The first-order valence-corrected chi connectivity index (χ1v) is 5.91. The van der Waals surface area contributed by atoms with Gasteiger partial charge in [-0.05, 0) is 24.1 Å². The Morgan fingerprint density at radius 2 is 2.39 bits per heavy atom. The topological polar surface area (TPSA) is 59.0 Å². The van der Waals surface area contributed by atoms with E-state index in [2.05, 4.69) is 0 Å². The van der Waals surface area contributed by atoms with Gasteiger partial charge in [-0.2, -0.15) is 0 Å². The molecule has 5 nitrogen and oxygen atoms in total. The van der Waals surface area contributed by atoms with Crippen molar-refractivity contribution in [3.05, 3.63) is 29.8 Å². The number of benzene rings is 1. The normalized spacial score (nSPS) is 18.9. The number of aliphatic hydroxyl groups is 1. The molecule has 0 aliphatic carbocycles. The summed E-state index contributed by atoms with van der Waals surface area (Å²) in [5.41, 5.74) is 0.983. The van der Waals surface area contributed by atoms with Gasteiger partial charge in [0.1, 0.15) is 12.4 Å². The lowest BCUT2D eigenvalue weighted by atomic mass is 10.1. The molecule has 5 heteroatoms. The summed E-state index contributed by atoms with van der Waals surface area (Å²) in [5, 5.41) is 8.97. The van der Waals surface area contributed by atoms with Crippen LogP contribution in [0, 0.1) is 0 Å². The van der Waals surface area contributed by atoms with Gasteiger partial charge in [0, 0.05) is 13.2 Å². The first-order valence-electron chi connectivity index (χ1n) is 5.91. The molecule has 98 valence electrons. The SMILES string of the molecule is COc1cccc(CN2C(=O)OCC2CCO)c1. The van der Waals surface area contributed by atoms with Crippen molar-refractivity contribution in [1.82, 2.24) is 4.90 Å². The summed E-state index contributed by atoms with van der Waals surface area (Å²) in [5.74, 6) is 0.763. The largest absolute Gasteiger partial charge is 0.497 e. The molecule has 18 heavy (non-hydrogen) atoms. The summed E-state index contributed by atoms with van der Waals surface area (Å²) in [4.78, 5) is 13.3. The van der Waals surface area contributed by atoms with Gasteiger partial charge in [-0.25, -0.2) is 4.79 Å². The lowest BCUT2D eigenvalue weighted by Crippen LogP contribution is -2.33. The zero-order valence-corrected chi connectivity index (χ0v) is 10.3. The molecule has 1 heterocycles. The highest BCUT2D eigenvalue weighted by atomic mass is 16.6. The minimum atomic E-state index is -0.323. The van der Waals surface area contributed by atoms with E-state index < -0.39 is 0 Å². The van der Waals surface area contributed by atoms with E-state index in [0.29, 0.717) is 19.6 Å². The monoisotopic (exact) mass is 251 g/mol.